The van der Waals surface area contributed by atoms with Crippen LogP contribution in [0, 0.1) is 0 Å². The van der Waals surface area contributed by atoms with E-state index in [2.05, 4.69) is 4.98 Å². The smallest absolute Gasteiger partial charge is 0.273 e. The number of para-hydroxylation sites is 1. The van der Waals surface area contributed by atoms with Gasteiger partial charge in [0, 0.05) is 37.8 Å². The van der Waals surface area contributed by atoms with Crippen molar-refractivity contribution in [3.63, 3.8) is 0 Å². The summed E-state index contributed by atoms with van der Waals surface area (Å²) in [7, 11) is 1.65. The molecule has 164 valence electrons. The van der Waals surface area contributed by atoms with E-state index in [4.69, 9.17) is 4.74 Å². The van der Waals surface area contributed by atoms with Crippen LogP contribution < -0.4 is 4.74 Å². The summed E-state index contributed by atoms with van der Waals surface area (Å²) in [6, 6.07) is 20.5. The quantitative estimate of drug-likeness (QED) is 0.600. The van der Waals surface area contributed by atoms with E-state index < -0.39 is 6.04 Å². The molecule has 1 aromatic heterocycles. The Kier molecular flexibility index (Phi) is 6.50. The zero-order valence-electron chi connectivity index (χ0n) is 18.4. The van der Waals surface area contributed by atoms with Gasteiger partial charge in [0.1, 0.15) is 17.5 Å². The van der Waals surface area contributed by atoms with E-state index in [1.54, 1.807) is 36.4 Å². The molecule has 1 fully saturated rings. The third kappa shape index (κ3) is 4.21. The monoisotopic (exact) mass is 429 g/mol. The highest BCUT2D eigenvalue weighted by atomic mass is 16.5. The Labute approximate surface area is 188 Å². The molecule has 2 heterocycles. The van der Waals surface area contributed by atoms with E-state index in [0.29, 0.717) is 31.7 Å². The number of nitrogens with zero attached hydrogens (tertiary/aromatic N) is 3. The summed E-state index contributed by atoms with van der Waals surface area (Å²) >= 11 is 0. The summed E-state index contributed by atoms with van der Waals surface area (Å²) < 4.78 is 5.57. The Morgan fingerprint density at radius 2 is 1.72 bits per heavy atom. The molecule has 1 unspecified atom stereocenters. The maximum absolute atomic E-state index is 13.4. The number of carbonyl (C=O) groups is 2. The molecule has 2 amide bonds. The van der Waals surface area contributed by atoms with Crippen molar-refractivity contribution in [2.24, 2.45) is 0 Å². The maximum Gasteiger partial charge on any atom is 0.273 e. The van der Waals surface area contributed by atoms with Gasteiger partial charge in [-0.3, -0.25) is 14.6 Å². The molecule has 0 spiro atoms. The van der Waals surface area contributed by atoms with Crippen molar-refractivity contribution in [3.8, 4) is 16.9 Å². The molecule has 0 bridgehead atoms. The molecule has 1 aliphatic heterocycles. The highest BCUT2D eigenvalue weighted by molar-refractivity contribution is 5.97. The van der Waals surface area contributed by atoms with Crippen LogP contribution >= 0.6 is 0 Å². The fraction of sp³-hybridized carbons (Fsp3) is 0.269. The van der Waals surface area contributed by atoms with Crippen molar-refractivity contribution in [2.45, 2.75) is 19.4 Å². The topological polar surface area (TPSA) is 62.7 Å². The van der Waals surface area contributed by atoms with Gasteiger partial charge in [-0.25, -0.2) is 0 Å². The summed E-state index contributed by atoms with van der Waals surface area (Å²) in [6.07, 6.45) is 2.02. The van der Waals surface area contributed by atoms with E-state index >= 15 is 0 Å². The number of carbonyl (C=O) groups excluding carboxylic acids is 2. The molecule has 3 aromatic rings. The number of hydrogen-bond donors (Lipinski definition) is 0. The van der Waals surface area contributed by atoms with Crippen molar-refractivity contribution in [2.75, 3.05) is 26.7 Å². The van der Waals surface area contributed by atoms with Gasteiger partial charge >= 0.3 is 0 Å². The maximum atomic E-state index is 13.4. The number of pyridine rings is 1. The number of ether oxygens (including phenoxy) is 1. The van der Waals surface area contributed by atoms with Crippen LogP contribution in [-0.4, -0.2) is 59.4 Å². The average Bonchev–Trinajstić information content (AvgIpc) is 2.85. The minimum Gasteiger partial charge on any atom is -0.496 e. The molecule has 0 saturated carbocycles. The van der Waals surface area contributed by atoms with Crippen LogP contribution in [0.25, 0.3) is 11.1 Å². The lowest BCUT2D eigenvalue weighted by atomic mass is 9.92. The Balaban J connectivity index is 1.72. The first-order valence-corrected chi connectivity index (χ1v) is 10.9. The second-order valence-electron chi connectivity index (χ2n) is 7.71. The summed E-state index contributed by atoms with van der Waals surface area (Å²) in [5.41, 5.74) is 3.31. The molecule has 2 aromatic carbocycles. The normalized spacial score (nSPS) is 16.2. The van der Waals surface area contributed by atoms with E-state index in [0.717, 1.165) is 22.4 Å². The molecule has 32 heavy (non-hydrogen) atoms. The van der Waals surface area contributed by atoms with Crippen LogP contribution in [0.1, 0.15) is 23.0 Å². The number of methoxy groups -OCH3 is 1. The van der Waals surface area contributed by atoms with Gasteiger partial charge in [0.05, 0.1) is 7.11 Å². The molecule has 6 heteroatoms. The SMILES string of the molecule is CCN1CCN(C(=O)c2ccccn2)C(Cc2ccccc2-c2ccccc2OC)C1=O. The Morgan fingerprint density at radius 1 is 1.00 bits per heavy atom. The van der Waals surface area contributed by atoms with Gasteiger partial charge in [-0.05, 0) is 36.2 Å². The second-order valence-corrected chi connectivity index (χ2v) is 7.71. The Hall–Kier alpha value is -3.67. The molecule has 6 nitrogen and oxygen atoms in total. The van der Waals surface area contributed by atoms with E-state index in [1.165, 1.54) is 0 Å². The highest BCUT2D eigenvalue weighted by Crippen LogP contribution is 2.33. The third-order valence-corrected chi connectivity index (χ3v) is 5.94. The Morgan fingerprint density at radius 3 is 2.44 bits per heavy atom. The number of rotatable bonds is 6. The fourth-order valence-corrected chi connectivity index (χ4v) is 4.27. The van der Waals surface area contributed by atoms with Crippen molar-refractivity contribution >= 4 is 11.8 Å². The molecule has 1 aliphatic rings. The van der Waals surface area contributed by atoms with E-state index in [9.17, 15) is 9.59 Å². The Bertz CT molecular complexity index is 1100. The molecule has 1 saturated heterocycles. The third-order valence-electron chi connectivity index (χ3n) is 5.94. The summed E-state index contributed by atoms with van der Waals surface area (Å²) in [4.78, 5) is 34.3. The zero-order chi connectivity index (χ0) is 22.5. The number of likely N-dealkylation sites (N-methyl/N-ethyl adjacent to an activating group) is 1. The molecule has 4 rings (SSSR count). The zero-order valence-corrected chi connectivity index (χ0v) is 18.4. The lowest BCUT2D eigenvalue weighted by molar-refractivity contribution is -0.139. The molecule has 1 atom stereocenters. The van der Waals surface area contributed by atoms with Crippen LogP contribution in [0.5, 0.6) is 5.75 Å². The average molecular weight is 430 g/mol. The molecule has 0 aliphatic carbocycles. The van der Waals surface area contributed by atoms with Gasteiger partial charge in [0.2, 0.25) is 5.91 Å². The van der Waals surface area contributed by atoms with Crippen molar-refractivity contribution < 1.29 is 14.3 Å². The van der Waals surface area contributed by atoms with Crippen LogP contribution in [0.2, 0.25) is 0 Å². The molecule has 0 N–H and O–H groups in total. The predicted molar refractivity (Wildman–Crippen MR) is 123 cm³/mol. The summed E-state index contributed by atoms with van der Waals surface area (Å²) in [6.45, 7) is 3.60. The van der Waals surface area contributed by atoms with Gasteiger partial charge in [-0.1, -0.05) is 48.5 Å². The van der Waals surface area contributed by atoms with Gasteiger partial charge in [0.25, 0.3) is 5.91 Å². The van der Waals surface area contributed by atoms with Crippen molar-refractivity contribution in [1.82, 2.24) is 14.8 Å². The number of piperazine rings is 1. The van der Waals surface area contributed by atoms with Crippen LogP contribution in [0.4, 0.5) is 0 Å². The molecular formula is C26H27N3O3. The van der Waals surface area contributed by atoms with Gasteiger partial charge < -0.3 is 14.5 Å². The van der Waals surface area contributed by atoms with Gasteiger partial charge in [0.15, 0.2) is 0 Å². The molecule has 0 radical (unpaired) electrons. The number of hydrogen-bond acceptors (Lipinski definition) is 4. The van der Waals surface area contributed by atoms with Crippen LogP contribution in [0.3, 0.4) is 0 Å². The minimum atomic E-state index is -0.589. The van der Waals surface area contributed by atoms with E-state index in [-0.39, 0.29) is 11.8 Å². The standard InChI is InChI=1S/C26H27N3O3/c1-3-28-16-17-29(25(30)22-13-8-9-15-27-22)23(26(28)31)18-19-10-4-5-11-20(19)21-12-6-7-14-24(21)32-2/h4-15,23H,3,16-18H2,1-2H3. The molecular weight excluding hydrogens is 402 g/mol. The number of aromatic nitrogens is 1. The number of benzene rings is 2. The summed E-state index contributed by atoms with van der Waals surface area (Å²) in [5.74, 6) is 0.527. The first-order chi connectivity index (χ1) is 15.6. The lowest BCUT2D eigenvalue weighted by Gasteiger charge is -2.40. The van der Waals surface area contributed by atoms with Crippen molar-refractivity contribution in [1.29, 1.82) is 0 Å². The van der Waals surface area contributed by atoms with Crippen molar-refractivity contribution in [3.05, 3.63) is 84.2 Å². The first kappa shape index (κ1) is 21.6. The van der Waals surface area contributed by atoms with Gasteiger partial charge in [-0.15, -0.1) is 0 Å². The number of amides is 2. The minimum absolute atomic E-state index is 0.0298. The van der Waals surface area contributed by atoms with Crippen LogP contribution in [0.15, 0.2) is 72.9 Å². The lowest BCUT2D eigenvalue weighted by Crippen LogP contribution is -2.59. The summed E-state index contributed by atoms with van der Waals surface area (Å²) in [5, 5.41) is 0. The largest absolute Gasteiger partial charge is 0.496 e. The van der Waals surface area contributed by atoms with E-state index in [1.807, 2.05) is 60.4 Å². The highest BCUT2D eigenvalue weighted by Gasteiger charge is 2.38. The van der Waals surface area contributed by atoms with Crippen LogP contribution in [-0.2, 0) is 11.2 Å². The predicted octanol–water partition coefficient (Wildman–Crippen LogP) is 3.67. The fourth-order valence-electron chi connectivity index (χ4n) is 4.27. The first-order valence-electron chi connectivity index (χ1n) is 10.9. The van der Waals surface area contributed by atoms with Gasteiger partial charge in [-0.2, -0.15) is 0 Å². The second kappa shape index (κ2) is 9.64.